The monoisotopic (exact) mass is 263 g/mol. The smallest absolute Gasteiger partial charge is 0.0630 e. The average molecular weight is 263 g/mol. The lowest BCUT2D eigenvalue weighted by Crippen LogP contribution is -2.25. The van der Waals surface area contributed by atoms with E-state index in [1.807, 2.05) is 0 Å². The zero-order valence-corrected chi connectivity index (χ0v) is 12.9. The second-order valence-electron chi connectivity index (χ2n) is 6.86. The molecule has 3 nitrogen and oxygen atoms in total. The Kier molecular flexibility index (Phi) is 4.67. The second kappa shape index (κ2) is 6.08. The molecule has 19 heavy (non-hydrogen) atoms. The maximum absolute atomic E-state index is 4.72. The van der Waals surface area contributed by atoms with Crippen LogP contribution in [-0.2, 0) is 6.42 Å². The fraction of sp³-hybridized carbons (Fsp3) is 0.812. The highest BCUT2D eigenvalue weighted by Gasteiger charge is 2.23. The molecule has 1 fully saturated rings. The van der Waals surface area contributed by atoms with E-state index in [1.54, 1.807) is 0 Å². The molecule has 1 aliphatic rings. The molecule has 0 aliphatic heterocycles. The lowest BCUT2D eigenvalue weighted by atomic mass is 9.84. The zero-order chi connectivity index (χ0) is 13.9. The SMILES string of the molecule is CCC(C)n1ccc(CC(C)(C)CCNC2CC2)n1. The largest absolute Gasteiger partial charge is 0.314 e. The number of hydrogen-bond acceptors (Lipinski definition) is 2. The van der Waals surface area contributed by atoms with Crippen LogP contribution in [0.5, 0.6) is 0 Å². The third kappa shape index (κ3) is 4.64. The van der Waals surface area contributed by atoms with E-state index in [0.29, 0.717) is 11.5 Å². The van der Waals surface area contributed by atoms with Crippen LogP contribution in [0.15, 0.2) is 12.3 Å². The van der Waals surface area contributed by atoms with Gasteiger partial charge in [-0.3, -0.25) is 4.68 Å². The fourth-order valence-corrected chi connectivity index (χ4v) is 2.39. The van der Waals surface area contributed by atoms with Crippen molar-refractivity contribution >= 4 is 0 Å². The lowest BCUT2D eigenvalue weighted by Gasteiger charge is -2.23. The van der Waals surface area contributed by atoms with E-state index in [-0.39, 0.29) is 0 Å². The van der Waals surface area contributed by atoms with Crippen LogP contribution in [0.25, 0.3) is 0 Å². The minimum atomic E-state index is 0.330. The molecule has 0 aromatic carbocycles. The van der Waals surface area contributed by atoms with Crippen LogP contribution in [0.1, 0.15) is 65.1 Å². The van der Waals surface area contributed by atoms with Gasteiger partial charge in [0.25, 0.3) is 0 Å². The summed E-state index contributed by atoms with van der Waals surface area (Å²) in [6.45, 7) is 10.3. The van der Waals surface area contributed by atoms with Crippen LogP contribution in [0.4, 0.5) is 0 Å². The van der Waals surface area contributed by atoms with Gasteiger partial charge in [-0.2, -0.15) is 5.10 Å². The standard InChI is InChI=1S/C16H29N3/c1-5-13(2)19-11-8-15(18-19)12-16(3,4)9-10-17-14-6-7-14/h8,11,13-14,17H,5-7,9-10,12H2,1-4H3. The van der Waals surface area contributed by atoms with E-state index < -0.39 is 0 Å². The van der Waals surface area contributed by atoms with Crippen molar-refractivity contribution in [3.8, 4) is 0 Å². The first-order chi connectivity index (χ1) is 9.00. The maximum atomic E-state index is 4.72. The molecule has 0 amide bonds. The van der Waals surface area contributed by atoms with Gasteiger partial charge in [-0.25, -0.2) is 0 Å². The average Bonchev–Trinajstić information content (AvgIpc) is 3.06. The van der Waals surface area contributed by atoms with E-state index in [4.69, 9.17) is 5.10 Å². The van der Waals surface area contributed by atoms with Crippen molar-refractivity contribution in [2.24, 2.45) is 5.41 Å². The van der Waals surface area contributed by atoms with Gasteiger partial charge < -0.3 is 5.32 Å². The van der Waals surface area contributed by atoms with Gasteiger partial charge in [-0.05, 0) is 57.1 Å². The highest BCUT2D eigenvalue weighted by molar-refractivity contribution is 5.03. The van der Waals surface area contributed by atoms with Crippen molar-refractivity contribution in [1.82, 2.24) is 15.1 Å². The molecule has 1 aromatic rings. The van der Waals surface area contributed by atoms with Gasteiger partial charge in [0.05, 0.1) is 5.69 Å². The molecule has 108 valence electrons. The van der Waals surface area contributed by atoms with Crippen LogP contribution in [-0.4, -0.2) is 22.4 Å². The molecule has 0 saturated heterocycles. The normalized spacial score (nSPS) is 17.7. The summed E-state index contributed by atoms with van der Waals surface area (Å²) in [5.74, 6) is 0. The van der Waals surface area contributed by atoms with Gasteiger partial charge >= 0.3 is 0 Å². The van der Waals surface area contributed by atoms with Gasteiger partial charge in [0, 0.05) is 18.3 Å². The predicted molar refractivity (Wildman–Crippen MR) is 80.4 cm³/mol. The Morgan fingerprint density at radius 2 is 2.21 bits per heavy atom. The molecule has 1 aliphatic carbocycles. The Morgan fingerprint density at radius 3 is 2.84 bits per heavy atom. The van der Waals surface area contributed by atoms with Gasteiger partial charge in [0.15, 0.2) is 0 Å². The van der Waals surface area contributed by atoms with Crippen molar-refractivity contribution in [1.29, 1.82) is 0 Å². The molecule has 1 unspecified atom stereocenters. The van der Waals surface area contributed by atoms with E-state index in [1.165, 1.54) is 25.0 Å². The molecule has 1 N–H and O–H groups in total. The van der Waals surface area contributed by atoms with E-state index >= 15 is 0 Å². The summed E-state index contributed by atoms with van der Waals surface area (Å²) in [5, 5.41) is 8.32. The summed E-state index contributed by atoms with van der Waals surface area (Å²) < 4.78 is 2.11. The first-order valence-corrected chi connectivity index (χ1v) is 7.77. The number of aromatic nitrogens is 2. The molecule has 1 heterocycles. The summed E-state index contributed by atoms with van der Waals surface area (Å²) in [6.07, 6.45) is 8.31. The maximum Gasteiger partial charge on any atom is 0.0630 e. The molecule has 0 bridgehead atoms. The number of nitrogens with zero attached hydrogens (tertiary/aromatic N) is 2. The van der Waals surface area contributed by atoms with Crippen molar-refractivity contribution in [3.05, 3.63) is 18.0 Å². The Morgan fingerprint density at radius 1 is 1.47 bits per heavy atom. The van der Waals surface area contributed by atoms with Crippen molar-refractivity contribution in [3.63, 3.8) is 0 Å². The first kappa shape index (κ1) is 14.6. The molecule has 1 saturated carbocycles. The summed E-state index contributed by atoms with van der Waals surface area (Å²) in [6, 6.07) is 3.51. The number of rotatable bonds is 8. The number of hydrogen-bond donors (Lipinski definition) is 1. The van der Waals surface area contributed by atoms with Gasteiger partial charge in [-0.15, -0.1) is 0 Å². The summed E-state index contributed by atoms with van der Waals surface area (Å²) in [7, 11) is 0. The molecule has 0 spiro atoms. The molecule has 1 atom stereocenters. The highest BCUT2D eigenvalue weighted by atomic mass is 15.3. The Bertz CT molecular complexity index is 390. The molecule has 1 aromatic heterocycles. The minimum absolute atomic E-state index is 0.330. The Labute approximate surface area is 117 Å². The summed E-state index contributed by atoms with van der Waals surface area (Å²) in [4.78, 5) is 0. The van der Waals surface area contributed by atoms with Gasteiger partial charge in [0.2, 0.25) is 0 Å². The first-order valence-electron chi connectivity index (χ1n) is 7.77. The van der Waals surface area contributed by atoms with E-state index in [9.17, 15) is 0 Å². The van der Waals surface area contributed by atoms with Crippen molar-refractivity contribution in [2.45, 2.75) is 71.9 Å². The van der Waals surface area contributed by atoms with E-state index in [2.05, 4.69) is 50.0 Å². The summed E-state index contributed by atoms with van der Waals surface area (Å²) >= 11 is 0. The molecular formula is C16H29N3. The van der Waals surface area contributed by atoms with Crippen molar-refractivity contribution < 1.29 is 0 Å². The van der Waals surface area contributed by atoms with Gasteiger partial charge in [0.1, 0.15) is 0 Å². The van der Waals surface area contributed by atoms with Gasteiger partial charge in [-0.1, -0.05) is 20.8 Å². The predicted octanol–water partition coefficient (Wildman–Crippen LogP) is 3.56. The van der Waals surface area contributed by atoms with Crippen LogP contribution < -0.4 is 5.32 Å². The molecule has 0 radical (unpaired) electrons. The number of nitrogens with one attached hydrogen (secondary N) is 1. The highest BCUT2D eigenvalue weighted by Crippen LogP contribution is 2.26. The Hall–Kier alpha value is -0.830. The topological polar surface area (TPSA) is 29.9 Å². The molecule has 3 heteroatoms. The van der Waals surface area contributed by atoms with Crippen LogP contribution >= 0.6 is 0 Å². The second-order valence-corrected chi connectivity index (χ2v) is 6.86. The van der Waals surface area contributed by atoms with Crippen LogP contribution in [0, 0.1) is 5.41 Å². The third-order valence-electron chi connectivity index (χ3n) is 4.18. The quantitative estimate of drug-likeness (QED) is 0.777. The molecular weight excluding hydrogens is 234 g/mol. The third-order valence-corrected chi connectivity index (χ3v) is 4.18. The van der Waals surface area contributed by atoms with Crippen LogP contribution in [0.3, 0.4) is 0 Å². The Balaban J connectivity index is 1.81. The minimum Gasteiger partial charge on any atom is -0.314 e. The van der Waals surface area contributed by atoms with Crippen molar-refractivity contribution in [2.75, 3.05) is 6.54 Å². The lowest BCUT2D eigenvalue weighted by molar-refractivity contribution is 0.319. The zero-order valence-electron chi connectivity index (χ0n) is 12.9. The molecule has 2 rings (SSSR count). The fourth-order valence-electron chi connectivity index (χ4n) is 2.39. The summed E-state index contributed by atoms with van der Waals surface area (Å²) in [5.41, 5.74) is 1.56. The van der Waals surface area contributed by atoms with Crippen LogP contribution in [0.2, 0.25) is 0 Å². The van der Waals surface area contributed by atoms with E-state index in [0.717, 1.165) is 25.4 Å².